The maximum Gasteiger partial charge on any atom is 0.155 e. The van der Waals surface area contributed by atoms with E-state index in [0.29, 0.717) is 24.2 Å². The van der Waals surface area contributed by atoms with Crippen LogP contribution in [0.1, 0.15) is 52.9 Å². The van der Waals surface area contributed by atoms with Crippen LogP contribution in [-0.4, -0.2) is 25.4 Å². The third-order valence-electron chi connectivity index (χ3n) is 4.41. The number of carbonyl (C=O) groups is 1. The first kappa shape index (κ1) is 22.6. The number of allylic oxidation sites excluding steroid dienone is 2. The van der Waals surface area contributed by atoms with Crippen LogP contribution in [0.2, 0.25) is 0 Å². The molecule has 0 amide bonds. The van der Waals surface area contributed by atoms with E-state index in [4.69, 9.17) is 0 Å². The molecular weight excluding hydrogens is 296 g/mol. The zero-order valence-corrected chi connectivity index (χ0v) is 16.1. The Morgan fingerprint density at radius 3 is 2.00 bits per heavy atom. The van der Waals surface area contributed by atoms with Gasteiger partial charge in [0.25, 0.3) is 0 Å². The Balaban J connectivity index is 3.63. The van der Waals surface area contributed by atoms with Crippen LogP contribution in [0.3, 0.4) is 0 Å². The Kier molecular flexibility index (Phi) is 13.2. The van der Waals surface area contributed by atoms with Gasteiger partial charge in [-0.05, 0) is 62.3 Å². The summed E-state index contributed by atoms with van der Waals surface area (Å²) < 4.78 is 0. The lowest BCUT2D eigenvalue weighted by Crippen LogP contribution is -2.26. The van der Waals surface area contributed by atoms with Gasteiger partial charge in [0, 0.05) is 18.7 Å². The van der Waals surface area contributed by atoms with Crippen LogP contribution >= 0.6 is 0 Å². The largest absolute Gasteiger partial charge is 0.385 e. The average Bonchev–Trinajstić information content (AvgIpc) is 2.57. The summed E-state index contributed by atoms with van der Waals surface area (Å²) in [6, 6.07) is 0. The molecule has 138 valence electrons. The van der Waals surface area contributed by atoms with Crippen LogP contribution in [0.4, 0.5) is 0 Å². The minimum absolute atomic E-state index is 0.149. The van der Waals surface area contributed by atoms with Crippen molar-refractivity contribution >= 4 is 5.78 Å². The minimum Gasteiger partial charge on any atom is -0.385 e. The summed E-state index contributed by atoms with van der Waals surface area (Å²) in [6.07, 6.45) is 8.49. The first-order chi connectivity index (χ1) is 11.4. The van der Waals surface area contributed by atoms with Crippen LogP contribution in [0, 0.1) is 17.8 Å². The molecule has 3 unspecified atom stereocenters. The Labute approximate surface area is 149 Å². The number of hydrogen-bond acceptors (Lipinski definition) is 3. The van der Waals surface area contributed by atoms with Crippen LogP contribution in [0.25, 0.3) is 0 Å². The molecular formula is C21H38N2O. The Morgan fingerprint density at radius 1 is 0.917 bits per heavy atom. The van der Waals surface area contributed by atoms with Gasteiger partial charge < -0.3 is 10.6 Å². The summed E-state index contributed by atoms with van der Waals surface area (Å²) in [5.74, 6) is 2.03. The molecule has 0 heterocycles. The molecule has 3 heteroatoms. The second-order valence-corrected chi connectivity index (χ2v) is 7.22. The number of hydrogen-bond donors (Lipinski definition) is 2. The summed E-state index contributed by atoms with van der Waals surface area (Å²) in [5, 5.41) is 6.83. The zero-order valence-electron chi connectivity index (χ0n) is 16.1. The fourth-order valence-electron chi connectivity index (χ4n) is 2.57. The number of nitrogens with one attached hydrogen (secondary N) is 2. The van der Waals surface area contributed by atoms with E-state index in [-0.39, 0.29) is 5.78 Å². The molecule has 0 aromatic heterocycles. The van der Waals surface area contributed by atoms with Gasteiger partial charge in [-0.1, -0.05) is 46.9 Å². The molecule has 0 aliphatic carbocycles. The van der Waals surface area contributed by atoms with E-state index in [1.165, 1.54) is 25.3 Å². The van der Waals surface area contributed by atoms with Crippen molar-refractivity contribution in [3.8, 4) is 0 Å². The number of rotatable bonds is 16. The highest BCUT2D eigenvalue weighted by atomic mass is 16.1. The lowest BCUT2D eigenvalue weighted by molar-refractivity contribution is -0.114. The van der Waals surface area contributed by atoms with E-state index in [9.17, 15) is 4.79 Å². The molecule has 0 spiro atoms. The second-order valence-electron chi connectivity index (χ2n) is 7.22. The first-order valence-corrected chi connectivity index (χ1v) is 9.30. The lowest BCUT2D eigenvalue weighted by Gasteiger charge is -2.17. The molecule has 3 nitrogen and oxygen atoms in total. The third-order valence-corrected chi connectivity index (χ3v) is 4.41. The van der Waals surface area contributed by atoms with Crippen molar-refractivity contribution in [1.29, 1.82) is 0 Å². The van der Waals surface area contributed by atoms with Crippen LogP contribution in [0.5, 0.6) is 0 Å². The Hall–Kier alpha value is -1.35. The fourth-order valence-corrected chi connectivity index (χ4v) is 2.57. The Bertz CT molecular complexity index is 353. The van der Waals surface area contributed by atoms with Crippen molar-refractivity contribution in [1.82, 2.24) is 10.6 Å². The van der Waals surface area contributed by atoms with E-state index in [1.54, 1.807) is 6.08 Å². The fraction of sp³-hybridized carbons (Fsp3) is 0.667. The zero-order chi connectivity index (χ0) is 18.4. The molecule has 3 atom stereocenters. The van der Waals surface area contributed by atoms with Gasteiger partial charge >= 0.3 is 0 Å². The van der Waals surface area contributed by atoms with Gasteiger partial charge in [0.05, 0.1) is 0 Å². The van der Waals surface area contributed by atoms with Crippen molar-refractivity contribution in [2.75, 3.05) is 19.6 Å². The van der Waals surface area contributed by atoms with Gasteiger partial charge in [0.1, 0.15) is 0 Å². The van der Waals surface area contributed by atoms with Crippen LogP contribution in [-0.2, 0) is 4.79 Å². The monoisotopic (exact) mass is 334 g/mol. The molecule has 0 aliphatic heterocycles. The van der Waals surface area contributed by atoms with Crippen molar-refractivity contribution in [2.24, 2.45) is 17.8 Å². The van der Waals surface area contributed by atoms with Gasteiger partial charge in [0.15, 0.2) is 5.78 Å². The van der Waals surface area contributed by atoms with Crippen LogP contribution < -0.4 is 10.6 Å². The van der Waals surface area contributed by atoms with Crippen molar-refractivity contribution < 1.29 is 4.79 Å². The average molecular weight is 335 g/mol. The minimum atomic E-state index is 0.149. The summed E-state index contributed by atoms with van der Waals surface area (Å²) in [7, 11) is 0. The molecule has 0 saturated heterocycles. The maximum absolute atomic E-state index is 11.2. The van der Waals surface area contributed by atoms with Crippen molar-refractivity contribution in [3.63, 3.8) is 0 Å². The highest BCUT2D eigenvalue weighted by Crippen LogP contribution is 2.13. The molecule has 0 fully saturated rings. The predicted octanol–water partition coefficient (Wildman–Crippen LogP) is 4.48. The molecule has 0 aliphatic rings. The first-order valence-electron chi connectivity index (χ1n) is 9.30. The molecule has 0 saturated carbocycles. The molecule has 0 aromatic rings. The Morgan fingerprint density at radius 2 is 1.46 bits per heavy atom. The van der Waals surface area contributed by atoms with E-state index in [1.807, 2.05) is 0 Å². The summed E-state index contributed by atoms with van der Waals surface area (Å²) in [5.41, 5.74) is 0.906. The van der Waals surface area contributed by atoms with Crippen molar-refractivity contribution in [2.45, 2.75) is 52.9 Å². The standard InChI is InChI=1S/C21H38N2O/c1-7-20(6)23-16-18(4)11-9-10-17(3)14-22-15-19(5)12-13-21(24)8-2/h7-8,17-19,22-23H,1-2,6,9-16H2,3-5H3. The van der Waals surface area contributed by atoms with E-state index < -0.39 is 0 Å². The SMILES string of the molecule is C=CC(=C)NCC(C)CCCC(C)CNCC(C)CCC(=O)C=C. The molecule has 0 rings (SSSR count). The van der Waals surface area contributed by atoms with Crippen LogP contribution in [0.15, 0.2) is 37.6 Å². The summed E-state index contributed by atoms with van der Waals surface area (Å²) in [6.45, 7) is 20.9. The van der Waals surface area contributed by atoms with E-state index in [2.05, 4.69) is 51.1 Å². The predicted molar refractivity (Wildman–Crippen MR) is 106 cm³/mol. The highest BCUT2D eigenvalue weighted by molar-refractivity contribution is 5.88. The maximum atomic E-state index is 11.2. The van der Waals surface area contributed by atoms with E-state index >= 15 is 0 Å². The van der Waals surface area contributed by atoms with Gasteiger partial charge in [-0.25, -0.2) is 0 Å². The highest BCUT2D eigenvalue weighted by Gasteiger charge is 2.08. The van der Waals surface area contributed by atoms with E-state index in [0.717, 1.165) is 31.8 Å². The molecule has 0 radical (unpaired) electrons. The molecule has 0 bridgehead atoms. The smallest absolute Gasteiger partial charge is 0.155 e. The summed E-state index contributed by atoms with van der Waals surface area (Å²) in [4.78, 5) is 11.2. The second kappa shape index (κ2) is 14.0. The summed E-state index contributed by atoms with van der Waals surface area (Å²) >= 11 is 0. The third kappa shape index (κ3) is 13.1. The topological polar surface area (TPSA) is 41.1 Å². The number of carbonyl (C=O) groups excluding carboxylic acids is 1. The number of ketones is 1. The quantitative estimate of drug-likeness (QED) is 0.323. The van der Waals surface area contributed by atoms with Gasteiger partial charge in [-0.2, -0.15) is 0 Å². The molecule has 24 heavy (non-hydrogen) atoms. The van der Waals surface area contributed by atoms with Gasteiger partial charge in [-0.15, -0.1) is 0 Å². The van der Waals surface area contributed by atoms with Gasteiger partial charge in [-0.3, -0.25) is 4.79 Å². The van der Waals surface area contributed by atoms with Crippen molar-refractivity contribution in [3.05, 3.63) is 37.6 Å². The van der Waals surface area contributed by atoms with Gasteiger partial charge in [0.2, 0.25) is 0 Å². The molecule has 0 aromatic carbocycles. The lowest BCUT2D eigenvalue weighted by atomic mass is 9.98. The normalized spacial score (nSPS) is 14.5. The molecule has 2 N–H and O–H groups in total.